The van der Waals surface area contributed by atoms with Gasteiger partial charge in [0, 0.05) is 26.4 Å². The molecule has 0 saturated carbocycles. The van der Waals surface area contributed by atoms with Crippen molar-refractivity contribution in [2.75, 3.05) is 20.2 Å². The van der Waals surface area contributed by atoms with E-state index in [1.807, 2.05) is 17.5 Å². The fourth-order valence-electron chi connectivity index (χ4n) is 1.72. The van der Waals surface area contributed by atoms with E-state index in [4.69, 9.17) is 9.63 Å². The van der Waals surface area contributed by atoms with Crippen molar-refractivity contribution in [2.45, 2.75) is 19.3 Å². The molecule has 0 fully saturated rings. The van der Waals surface area contributed by atoms with Crippen LogP contribution in [0.1, 0.15) is 18.7 Å². The highest BCUT2D eigenvalue weighted by atomic mass is 32.1. The molecule has 0 aliphatic heterocycles. The Hall–Kier alpha value is -1.73. The van der Waals surface area contributed by atoms with Gasteiger partial charge in [-0.3, -0.25) is 4.79 Å². The first-order chi connectivity index (χ1) is 9.70. The van der Waals surface area contributed by atoms with Crippen molar-refractivity contribution in [3.8, 4) is 10.7 Å². The van der Waals surface area contributed by atoms with Crippen LogP contribution < -0.4 is 0 Å². The van der Waals surface area contributed by atoms with Gasteiger partial charge in [-0.15, -0.1) is 11.3 Å². The molecular weight excluding hydrogens is 278 g/mol. The number of hydrogen-bond donors (Lipinski definition) is 1. The zero-order valence-electron chi connectivity index (χ0n) is 11.3. The number of rotatable bonds is 7. The molecule has 0 aliphatic carbocycles. The fraction of sp³-hybridized carbons (Fsp3) is 0.462. The summed E-state index contributed by atoms with van der Waals surface area (Å²) in [6.07, 6.45) is 1.64. The number of thiophene rings is 1. The predicted octanol–water partition coefficient (Wildman–Crippen LogP) is 1.57. The number of carbonyl (C=O) groups is 1. The van der Waals surface area contributed by atoms with E-state index in [2.05, 4.69) is 10.1 Å². The van der Waals surface area contributed by atoms with Crippen molar-refractivity contribution < 1.29 is 14.4 Å². The molecule has 2 aromatic rings. The first-order valence-electron chi connectivity index (χ1n) is 6.42. The third-order valence-corrected chi connectivity index (χ3v) is 3.72. The maximum absolute atomic E-state index is 11.7. The first-order valence-corrected chi connectivity index (χ1v) is 7.30. The summed E-state index contributed by atoms with van der Waals surface area (Å²) in [5.41, 5.74) is 0. The van der Waals surface area contributed by atoms with Gasteiger partial charge in [0.15, 0.2) is 0 Å². The Morgan fingerprint density at radius 1 is 1.55 bits per heavy atom. The van der Waals surface area contributed by atoms with Gasteiger partial charge in [-0.05, 0) is 17.9 Å². The summed E-state index contributed by atoms with van der Waals surface area (Å²) in [5, 5.41) is 14.6. The quantitative estimate of drug-likeness (QED) is 0.838. The van der Waals surface area contributed by atoms with Crippen LogP contribution in [0.5, 0.6) is 0 Å². The molecule has 1 amide bonds. The lowest BCUT2D eigenvalue weighted by Gasteiger charge is -2.14. The van der Waals surface area contributed by atoms with Crippen molar-refractivity contribution in [1.29, 1.82) is 0 Å². The minimum Gasteiger partial charge on any atom is -0.395 e. The highest BCUT2D eigenvalue weighted by Gasteiger charge is 2.11. The molecule has 1 N–H and O–H groups in total. The maximum atomic E-state index is 11.7. The van der Waals surface area contributed by atoms with Crippen LogP contribution in [-0.2, 0) is 11.2 Å². The molecular formula is C13H17N3O3S. The summed E-state index contributed by atoms with van der Waals surface area (Å²) in [5.74, 6) is 1.15. The van der Waals surface area contributed by atoms with Crippen molar-refractivity contribution in [2.24, 2.45) is 0 Å². The maximum Gasteiger partial charge on any atom is 0.226 e. The van der Waals surface area contributed by atoms with Gasteiger partial charge in [0.1, 0.15) is 0 Å². The number of nitrogens with zero attached hydrogens (tertiary/aromatic N) is 3. The third-order valence-electron chi connectivity index (χ3n) is 2.85. The van der Waals surface area contributed by atoms with Gasteiger partial charge < -0.3 is 14.5 Å². The largest absolute Gasteiger partial charge is 0.395 e. The Kier molecular flexibility index (Phi) is 5.25. The van der Waals surface area contributed by atoms with E-state index in [1.165, 1.54) is 4.90 Å². The number of aliphatic hydroxyl groups is 1. The van der Waals surface area contributed by atoms with Crippen molar-refractivity contribution >= 4 is 17.2 Å². The lowest BCUT2D eigenvalue weighted by Crippen LogP contribution is -2.29. The van der Waals surface area contributed by atoms with Crippen LogP contribution in [-0.4, -0.2) is 46.3 Å². The molecule has 0 aliphatic rings. The van der Waals surface area contributed by atoms with Gasteiger partial charge >= 0.3 is 0 Å². The van der Waals surface area contributed by atoms with E-state index in [9.17, 15) is 4.79 Å². The van der Waals surface area contributed by atoms with Gasteiger partial charge in [0.2, 0.25) is 17.6 Å². The Balaban J connectivity index is 1.79. The Morgan fingerprint density at radius 2 is 2.40 bits per heavy atom. The molecule has 2 aromatic heterocycles. The van der Waals surface area contributed by atoms with E-state index in [0.717, 1.165) is 4.88 Å². The van der Waals surface area contributed by atoms with Crippen LogP contribution in [0, 0.1) is 0 Å². The van der Waals surface area contributed by atoms with Gasteiger partial charge in [-0.25, -0.2) is 0 Å². The van der Waals surface area contributed by atoms with Crippen molar-refractivity contribution in [1.82, 2.24) is 15.0 Å². The van der Waals surface area contributed by atoms with Crippen LogP contribution in [0.2, 0.25) is 0 Å². The first kappa shape index (κ1) is 14.7. The molecule has 0 radical (unpaired) electrons. The molecule has 0 bridgehead atoms. The zero-order chi connectivity index (χ0) is 14.4. The minimum atomic E-state index is -0.0178. The topological polar surface area (TPSA) is 79.5 Å². The number of aliphatic hydroxyl groups excluding tert-OH is 1. The van der Waals surface area contributed by atoms with Gasteiger partial charge in [-0.1, -0.05) is 11.2 Å². The van der Waals surface area contributed by atoms with Gasteiger partial charge in [-0.2, -0.15) is 4.98 Å². The molecule has 20 heavy (non-hydrogen) atoms. The summed E-state index contributed by atoms with van der Waals surface area (Å²) < 4.78 is 5.16. The summed E-state index contributed by atoms with van der Waals surface area (Å²) in [6.45, 7) is 0.345. The van der Waals surface area contributed by atoms with Crippen LogP contribution in [0.25, 0.3) is 10.7 Å². The molecule has 0 atom stereocenters. The standard InChI is InChI=1S/C13H17N3O3S/c1-16(7-8-17)12(18)6-2-5-11-14-13(15-19-11)10-4-3-9-20-10/h3-4,9,17H,2,5-8H2,1H3. The number of amides is 1. The molecule has 2 rings (SSSR count). The lowest BCUT2D eigenvalue weighted by atomic mass is 10.2. The molecule has 0 unspecified atom stereocenters. The summed E-state index contributed by atoms with van der Waals surface area (Å²) in [6, 6.07) is 3.87. The Morgan fingerprint density at radius 3 is 3.10 bits per heavy atom. The minimum absolute atomic E-state index is 0.0112. The fourth-order valence-corrected chi connectivity index (χ4v) is 2.37. The average molecular weight is 295 g/mol. The van der Waals surface area contributed by atoms with Gasteiger partial charge in [0.25, 0.3) is 0 Å². The van der Waals surface area contributed by atoms with Crippen LogP contribution in [0.15, 0.2) is 22.0 Å². The predicted molar refractivity (Wildman–Crippen MR) is 75.3 cm³/mol. The van der Waals surface area contributed by atoms with E-state index in [1.54, 1.807) is 18.4 Å². The normalized spacial score (nSPS) is 10.7. The molecule has 0 saturated heterocycles. The smallest absolute Gasteiger partial charge is 0.226 e. The van der Waals surface area contributed by atoms with Crippen LogP contribution in [0.4, 0.5) is 0 Å². The molecule has 0 spiro atoms. The van der Waals surface area contributed by atoms with Crippen LogP contribution >= 0.6 is 11.3 Å². The SMILES string of the molecule is CN(CCO)C(=O)CCCc1nc(-c2cccs2)no1. The number of hydrogen-bond acceptors (Lipinski definition) is 6. The van der Waals surface area contributed by atoms with Crippen molar-refractivity contribution in [3.05, 3.63) is 23.4 Å². The van der Waals surface area contributed by atoms with E-state index in [-0.39, 0.29) is 12.5 Å². The Labute approximate surface area is 121 Å². The molecule has 0 aromatic carbocycles. The molecule has 108 valence electrons. The van der Waals surface area contributed by atoms with E-state index >= 15 is 0 Å². The number of aryl methyl sites for hydroxylation is 1. The Bertz CT molecular complexity index is 539. The second kappa shape index (κ2) is 7.16. The highest BCUT2D eigenvalue weighted by Crippen LogP contribution is 2.21. The monoisotopic (exact) mass is 295 g/mol. The van der Waals surface area contributed by atoms with E-state index < -0.39 is 0 Å². The second-order valence-electron chi connectivity index (χ2n) is 4.38. The molecule has 6 nitrogen and oxygen atoms in total. The highest BCUT2D eigenvalue weighted by molar-refractivity contribution is 7.13. The number of carbonyl (C=O) groups excluding carboxylic acids is 1. The summed E-state index contributed by atoms with van der Waals surface area (Å²) in [7, 11) is 1.68. The lowest BCUT2D eigenvalue weighted by molar-refractivity contribution is -0.130. The van der Waals surface area contributed by atoms with E-state index in [0.29, 0.717) is 37.5 Å². The zero-order valence-corrected chi connectivity index (χ0v) is 12.1. The van der Waals surface area contributed by atoms with Gasteiger partial charge in [0.05, 0.1) is 11.5 Å². The molecule has 2 heterocycles. The number of aromatic nitrogens is 2. The number of likely N-dealkylation sites (N-methyl/N-ethyl adjacent to an activating group) is 1. The summed E-state index contributed by atoms with van der Waals surface area (Å²) in [4.78, 5) is 18.5. The second-order valence-corrected chi connectivity index (χ2v) is 5.33. The van der Waals surface area contributed by atoms with Crippen LogP contribution in [0.3, 0.4) is 0 Å². The van der Waals surface area contributed by atoms with Crippen molar-refractivity contribution in [3.63, 3.8) is 0 Å². The third kappa shape index (κ3) is 3.88. The molecule has 7 heteroatoms. The summed E-state index contributed by atoms with van der Waals surface area (Å²) >= 11 is 1.56. The average Bonchev–Trinajstić information content (AvgIpc) is 3.09.